The standard InChI is InChI=1S/C18H23N5O2S/c1-11-4-3-5-15(12(11)2)20-18(26)23-21-16(24)13-6-8-14(9-7-13)17-22-19-10-25-17/h6-12,15H,3-5H2,1-2H3,(H,21,24)(H2,20,23,26)/t11-,12+,15-/m0/s1. The first-order valence-corrected chi connectivity index (χ1v) is 9.19. The minimum Gasteiger partial charge on any atom is -0.423 e. The van der Waals surface area contributed by atoms with E-state index >= 15 is 0 Å². The van der Waals surface area contributed by atoms with Gasteiger partial charge in [0.1, 0.15) is 0 Å². The summed E-state index contributed by atoms with van der Waals surface area (Å²) in [5, 5.41) is 11.2. The third-order valence-electron chi connectivity index (χ3n) is 5.07. The van der Waals surface area contributed by atoms with Gasteiger partial charge in [-0.25, -0.2) is 0 Å². The number of amides is 1. The van der Waals surface area contributed by atoms with Gasteiger partial charge in [0.2, 0.25) is 12.3 Å². The predicted octanol–water partition coefficient (Wildman–Crippen LogP) is 2.67. The molecule has 1 aromatic heterocycles. The van der Waals surface area contributed by atoms with Crippen molar-refractivity contribution in [1.82, 2.24) is 26.4 Å². The molecule has 0 aliphatic heterocycles. The molecule has 1 fully saturated rings. The fraction of sp³-hybridized carbons (Fsp3) is 0.444. The molecule has 3 rings (SSSR count). The van der Waals surface area contributed by atoms with E-state index in [-0.39, 0.29) is 5.91 Å². The topological polar surface area (TPSA) is 92.1 Å². The second kappa shape index (κ2) is 8.27. The van der Waals surface area contributed by atoms with E-state index in [2.05, 4.69) is 40.2 Å². The molecule has 1 heterocycles. The molecule has 0 saturated heterocycles. The van der Waals surface area contributed by atoms with Crippen LogP contribution < -0.4 is 16.2 Å². The summed E-state index contributed by atoms with van der Waals surface area (Å²) < 4.78 is 5.13. The van der Waals surface area contributed by atoms with E-state index in [0.29, 0.717) is 34.4 Å². The van der Waals surface area contributed by atoms with E-state index in [4.69, 9.17) is 16.6 Å². The summed E-state index contributed by atoms with van der Waals surface area (Å²) in [6.45, 7) is 4.52. The van der Waals surface area contributed by atoms with Crippen LogP contribution in [-0.4, -0.2) is 27.3 Å². The maximum absolute atomic E-state index is 12.2. The highest BCUT2D eigenvalue weighted by atomic mass is 32.1. The second-order valence-corrected chi connectivity index (χ2v) is 7.16. The fourth-order valence-electron chi connectivity index (χ4n) is 3.24. The van der Waals surface area contributed by atoms with Crippen LogP contribution in [0.1, 0.15) is 43.5 Å². The molecular weight excluding hydrogens is 350 g/mol. The zero-order valence-corrected chi connectivity index (χ0v) is 15.7. The molecule has 0 radical (unpaired) electrons. The molecule has 1 aromatic carbocycles. The molecule has 1 amide bonds. The van der Waals surface area contributed by atoms with Gasteiger partial charge in [-0.1, -0.05) is 26.7 Å². The van der Waals surface area contributed by atoms with Crippen molar-refractivity contribution in [1.29, 1.82) is 0 Å². The monoisotopic (exact) mass is 373 g/mol. The summed E-state index contributed by atoms with van der Waals surface area (Å²) in [7, 11) is 0. The molecule has 26 heavy (non-hydrogen) atoms. The number of rotatable bonds is 3. The number of nitrogens with zero attached hydrogens (tertiary/aromatic N) is 2. The van der Waals surface area contributed by atoms with Gasteiger partial charge < -0.3 is 9.73 Å². The van der Waals surface area contributed by atoms with Crippen LogP contribution in [0.15, 0.2) is 35.1 Å². The van der Waals surface area contributed by atoms with E-state index < -0.39 is 0 Å². The Morgan fingerprint density at radius 3 is 2.65 bits per heavy atom. The number of carbonyl (C=O) groups is 1. The van der Waals surface area contributed by atoms with Crippen molar-refractivity contribution in [3.63, 3.8) is 0 Å². The lowest BCUT2D eigenvalue weighted by atomic mass is 9.78. The Bertz CT molecular complexity index is 747. The van der Waals surface area contributed by atoms with Gasteiger partial charge in [0.25, 0.3) is 5.91 Å². The van der Waals surface area contributed by atoms with Crippen LogP contribution in [0.25, 0.3) is 11.5 Å². The van der Waals surface area contributed by atoms with Crippen LogP contribution in [0.4, 0.5) is 0 Å². The lowest BCUT2D eigenvalue weighted by molar-refractivity contribution is 0.0943. The average molecular weight is 373 g/mol. The van der Waals surface area contributed by atoms with Crippen LogP contribution >= 0.6 is 12.2 Å². The van der Waals surface area contributed by atoms with Gasteiger partial charge in [0, 0.05) is 17.2 Å². The molecule has 8 heteroatoms. The highest BCUT2D eigenvalue weighted by molar-refractivity contribution is 7.80. The lowest BCUT2D eigenvalue weighted by Crippen LogP contribution is -2.52. The summed E-state index contributed by atoms with van der Waals surface area (Å²) in [4.78, 5) is 12.2. The smallest absolute Gasteiger partial charge is 0.269 e. The van der Waals surface area contributed by atoms with Gasteiger partial charge in [-0.3, -0.25) is 15.6 Å². The van der Waals surface area contributed by atoms with Crippen LogP contribution in [0, 0.1) is 11.8 Å². The van der Waals surface area contributed by atoms with Gasteiger partial charge in [-0.05, 0) is 54.7 Å². The number of aromatic nitrogens is 2. The highest BCUT2D eigenvalue weighted by Crippen LogP contribution is 2.29. The van der Waals surface area contributed by atoms with Crippen molar-refractivity contribution < 1.29 is 9.21 Å². The van der Waals surface area contributed by atoms with Crippen molar-refractivity contribution in [2.24, 2.45) is 11.8 Å². The van der Waals surface area contributed by atoms with Crippen molar-refractivity contribution in [2.75, 3.05) is 0 Å². The maximum Gasteiger partial charge on any atom is 0.269 e. The highest BCUT2D eigenvalue weighted by Gasteiger charge is 2.27. The number of benzene rings is 1. The molecule has 138 valence electrons. The molecule has 2 aromatic rings. The average Bonchev–Trinajstić information content (AvgIpc) is 3.18. The van der Waals surface area contributed by atoms with E-state index in [1.807, 2.05) is 0 Å². The minimum atomic E-state index is -0.267. The molecule has 0 bridgehead atoms. The summed E-state index contributed by atoms with van der Waals surface area (Å²) >= 11 is 5.31. The number of carbonyl (C=O) groups excluding carboxylic acids is 1. The first kappa shape index (κ1) is 18.3. The molecule has 1 aliphatic carbocycles. The van der Waals surface area contributed by atoms with Crippen molar-refractivity contribution in [3.05, 3.63) is 36.2 Å². The number of hydrazine groups is 1. The predicted molar refractivity (Wildman–Crippen MR) is 102 cm³/mol. The Morgan fingerprint density at radius 2 is 1.96 bits per heavy atom. The Balaban J connectivity index is 1.49. The summed E-state index contributed by atoms with van der Waals surface area (Å²) in [6, 6.07) is 7.23. The molecular formula is C18H23N5O2S. The van der Waals surface area contributed by atoms with E-state index in [1.165, 1.54) is 19.2 Å². The minimum absolute atomic E-state index is 0.267. The zero-order chi connectivity index (χ0) is 18.5. The zero-order valence-electron chi connectivity index (χ0n) is 14.9. The van der Waals surface area contributed by atoms with Crippen LogP contribution in [0.5, 0.6) is 0 Å². The number of nitrogens with one attached hydrogen (secondary N) is 3. The van der Waals surface area contributed by atoms with Gasteiger partial charge in [0.05, 0.1) is 0 Å². The third kappa shape index (κ3) is 4.37. The third-order valence-corrected chi connectivity index (χ3v) is 5.29. The molecule has 0 unspecified atom stereocenters. The van der Waals surface area contributed by atoms with Crippen molar-refractivity contribution >= 4 is 23.2 Å². The normalized spacial score (nSPS) is 22.5. The summed E-state index contributed by atoms with van der Waals surface area (Å²) in [5.74, 6) is 1.38. The largest absolute Gasteiger partial charge is 0.423 e. The van der Waals surface area contributed by atoms with E-state index in [0.717, 1.165) is 12.0 Å². The molecule has 3 N–H and O–H groups in total. The van der Waals surface area contributed by atoms with Crippen molar-refractivity contribution in [3.8, 4) is 11.5 Å². The van der Waals surface area contributed by atoms with E-state index in [9.17, 15) is 4.79 Å². The Labute approximate surface area is 157 Å². The van der Waals surface area contributed by atoms with Crippen LogP contribution in [0.3, 0.4) is 0 Å². The van der Waals surface area contributed by atoms with Gasteiger partial charge in [-0.15, -0.1) is 10.2 Å². The first-order chi connectivity index (χ1) is 12.5. The molecule has 1 aliphatic rings. The molecule has 7 nitrogen and oxygen atoms in total. The summed E-state index contributed by atoms with van der Waals surface area (Å²) in [5.41, 5.74) is 6.67. The first-order valence-electron chi connectivity index (χ1n) is 8.78. The molecule has 1 saturated carbocycles. The van der Waals surface area contributed by atoms with Crippen LogP contribution in [-0.2, 0) is 0 Å². The van der Waals surface area contributed by atoms with Gasteiger partial charge in [0.15, 0.2) is 5.11 Å². The maximum atomic E-state index is 12.2. The fourth-order valence-corrected chi connectivity index (χ4v) is 3.44. The quantitative estimate of drug-likeness (QED) is 0.563. The van der Waals surface area contributed by atoms with E-state index in [1.54, 1.807) is 24.3 Å². The molecule has 0 spiro atoms. The van der Waals surface area contributed by atoms with Crippen molar-refractivity contribution in [2.45, 2.75) is 39.2 Å². The number of thiocarbonyl (C=S) groups is 1. The molecule has 3 atom stereocenters. The van der Waals surface area contributed by atoms with Crippen LogP contribution in [0.2, 0.25) is 0 Å². The number of hydrogen-bond donors (Lipinski definition) is 3. The Kier molecular flexibility index (Phi) is 5.82. The Hall–Kier alpha value is -2.48. The Morgan fingerprint density at radius 1 is 1.19 bits per heavy atom. The van der Waals surface area contributed by atoms with Gasteiger partial charge >= 0.3 is 0 Å². The second-order valence-electron chi connectivity index (χ2n) is 6.75. The summed E-state index contributed by atoms with van der Waals surface area (Å²) in [6.07, 6.45) is 4.82. The SMILES string of the molecule is C[C@H]1[C@@H](NC(=S)NNC(=O)c2ccc(-c3nnco3)cc2)CCC[C@@H]1C. The number of hydrogen-bond acceptors (Lipinski definition) is 5. The lowest BCUT2D eigenvalue weighted by Gasteiger charge is -2.35. The van der Waals surface area contributed by atoms with Gasteiger partial charge in [-0.2, -0.15) is 0 Å².